The summed E-state index contributed by atoms with van der Waals surface area (Å²) in [6, 6.07) is 20.3. The van der Waals surface area contributed by atoms with Crippen LogP contribution in [0.2, 0.25) is 0 Å². The van der Waals surface area contributed by atoms with Crippen LogP contribution in [0, 0.1) is 3.57 Å². The minimum atomic E-state index is -0.489. The number of halogens is 1. The van der Waals surface area contributed by atoms with Gasteiger partial charge >= 0.3 is 184 Å². The number of H-pyrrole nitrogens is 1. The maximum atomic E-state index is 10.0. The van der Waals surface area contributed by atoms with Gasteiger partial charge in [0.2, 0.25) is 0 Å². The van der Waals surface area contributed by atoms with Gasteiger partial charge in [-0.1, -0.05) is 0 Å². The van der Waals surface area contributed by atoms with E-state index in [1.165, 1.54) is 60.6 Å². The number of aromatic hydroxyl groups is 1. The maximum absolute atomic E-state index is 10.0. The summed E-state index contributed by atoms with van der Waals surface area (Å²) in [6.45, 7) is 0. The number of phenols is 1. The van der Waals surface area contributed by atoms with Crippen molar-refractivity contribution < 1.29 is 26.6 Å². The first kappa shape index (κ1) is 20.3. The van der Waals surface area contributed by atoms with Gasteiger partial charge in [-0.3, -0.25) is 0 Å². The van der Waals surface area contributed by atoms with Gasteiger partial charge in [-0.2, -0.15) is 0 Å². The fourth-order valence-electron chi connectivity index (χ4n) is 3.99. The zero-order chi connectivity index (χ0) is 19.9. The van der Waals surface area contributed by atoms with Gasteiger partial charge in [-0.25, -0.2) is 0 Å². The number of anilines is 2. The van der Waals surface area contributed by atoms with Crippen LogP contribution in [0.1, 0.15) is 63.0 Å². The van der Waals surface area contributed by atoms with Gasteiger partial charge in [0.1, 0.15) is 0 Å². The quantitative estimate of drug-likeness (QED) is 0.416. The molecule has 2 N–H and O–H groups in total. The number of nitrogens with zero attached hydrogens (tertiary/aromatic N) is 2. The van der Waals surface area contributed by atoms with Crippen LogP contribution < -0.4 is 24.6 Å². The number of aromatic amines is 1. The number of nitrogens with one attached hydrogen (secondary N) is 1. The van der Waals surface area contributed by atoms with Gasteiger partial charge in [-0.15, -0.1) is 0 Å². The van der Waals surface area contributed by atoms with E-state index < -0.39 is 21.5 Å². The van der Waals surface area contributed by atoms with Crippen LogP contribution in [0.3, 0.4) is 0 Å². The number of benzene rings is 2. The summed E-state index contributed by atoms with van der Waals surface area (Å²) in [4.78, 5) is 0. The Labute approximate surface area is 184 Å². The molecule has 29 heavy (non-hydrogen) atoms. The van der Waals surface area contributed by atoms with E-state index >= 15 is 0 Å². The van der Waals surface area contributed by atoms with Crippen molar-refractivity contribution in [3.8, 4) is 5.75 Å². The molecule has 154 valence electrons. The molecule has 4 nitrogen and oxygen atoms in total. The van der Waals surface area contributed by atoms with Crippen molar-refractivity contribution in [1.82, 2.24) is 10.2 Å². The number of hydrogen-bond acceptors (Lipinski definition) is 3. The monoisotopic (exact) mass is 502 g/mol. The molecule has 0 saturated heterocycles. The second kappa shape index (κ2) is 10.1. The fraction of sp³-hybridized carbons (Fsp3) is 0.375. The van der Waals surface area contributed by atoms with E-state index in [0.29, 0.717) is 5.92 Å². The van der Waals surface area contributed by atoms with Crippen LogP contribution >= 0.6 is 0 Å². The van der Waals surface area contributed by atoms with Crippen molar-refractivity contribution >= 4 is 11.5 Å². The molecule has 1 aromatic heterocycles. The van der Waals surface area contributed by atoms with Gasteiger partial charge < -0.3 is 0 Å². The Morgan fingerprint density at radius 2 is 1.59 bits per heavy atom. The molecule has 0 amide bonds. The van der Waals surface area contributed by atoms with Crippen LogP contribution in [0.15, 0.2) is 60.7 Å². The Morgan fingerprint density at radius 1 is 0.862 bits per heavy atom. The molecule has 5 heteroatoms. The van der Waals surface area contributed by atoms with Gasteiger partial charge in [-0.05, 0) is 0 Å². The first-order chi connectivity index (χ1) is 14.3. The van der Waals surface area contributed by atoms with Gasteiger partial charge in [0, 0.05) is 0 Å². The average molecular weight is 502 g/mol. The van der Waals surface area contributed by atoms with Crippen LogP contribution in [-0.2, 0) is 0 Å². The Morgan fingerprint density at radius 3 is 2.31 bits per heavy atom. The molecule has 1 heterocycles. The summed E-state index contributed by atoms with van der Waals surface area (Å²) >= 11 is -0.489. The molecular weight excluding hydrogens is 473 g/mol. The second-order valence-corrected chi connectivity index (χ2v) is 10.5. The van der Waals surface area contributed by atoms with E-state index in [9.17, 15) is 5.11 Å². The fourth-order valence-corrected chi connectivity index (χ4v) is 6.35. The minimum absolute atomic E-state index is 0.289. The van der Waals surface area contributed by atoms with Crippen molar-refractivity contribution in [1.29, 1.82) is 0 Å². The molecule has 4 rings (SSSR count). The standard InChI is InChI=1S/C24H29IN3O/c29-22-16-10-15-21(17-22)28(25-20-13-8-5-9-14-20)24-18-23(26-27-24)19-11-6-3-1-2-4-7-12-19/h5,8-10,13-19,29H,1-4,6-7,11-12H2,(H,26,27)/q-1. The third kappa shape index (κ3) is 5.53. The van der Waals surface area contributed by atoms with E-state index in [4.69, 9.17) is 5.10 Å². The predicted molar refractivity (Wildman–Crippen MR) is 114 cm³/mol. The summed E-state index contributed by atoms with van der Waals surface area (Å²) in [6.07, 6.45) is 10.6. The van der Waals surface area contributed by atoms with Crippen molar-refractivity contribution in [2.75, 3.05) is 3.11 Å². The van der Waals surface area contributed by atoms with Gasteiger partial charge in [0.05, 0.1) is 0 Å². The molecule has 2 aromatic carbocycles. The number of rotatable bonds is 5. The Bertz CT molecular complexity index is 886. The number of hydrogen-bond donors (Lipinski definition) is 2. The van der Waals surface area contributed by atoms with Crippen molar-refractivity contribution in [2.24, 2.45) is 0 Å². The zero-order valence-corrected chi connectivity index (χ0v) is 18.9. The van der Waals surface area contributed by atoms with E-state index in [0.717, 1.165) is 11.5 Å². The molecular formula is C24H29IN3O-. The molecule has 0 radical (unpaired) electrons. The summed E-state index contributed by atoms with van der Waals surface area (Å²) in [7, 11) is 0. The van der Waals surface area contributed by atoms with E-state index in [-0.39, 0.29) is 5.75 Å². The SMILES string of the molecule is Oc1cccc(N([I-]c2ccccc2)c2cc(C3CCCCCCCC3)[nH]n2)c1. The van der Waals surface area contributed by atoms with E-state index in [2.05, 4.69) is 50.7 Å². The second-order valence-electron chi connectivity index (χ2n) is 7.76. The molecule has 0 aliphatic heterocycles. The van der Waals surface area contributed by atoms with Crippen LogP contribution in [-0.4, -0.2) is 15.3 Å². The molecule has 0 spiro atoms. The third-order valence-electron chi connectivity index (χ3n) is 5.55. The molecule has 1 aliphatic carbocycles. The summed E-state index contributed by atoms with van der Waals surface area (Å²) in [5, 5.41) is 18.1. The number of aromatic nitrogens is 2. The first-order valence-corrected chi connectivity index (χ1v) is 12.7. The molecule has 3 aromatic rings. The molecule has 1 aliphatic rings. The summed E-state index contributed by atoms with van der Waals surface area (Å²) < 4.78 is 3.60. The van der Waals surface area contributed by atoms with Crippen LogP contribution in [0.5, 0.6) is 5.75 Å². The zero-order valence-electron chi connectivity index (χ0n) is 16.7. The van der Waals surface area contributed by atoms with E-state index in [1.54, 1.807) is 6.07 Å². The average Bonchev–Trinajstić information content (AvgIpc) is 3.26. The van der Waals surface area contributed by atoms with Crippen molar-refractivity contribution in [2.45, 2.75) is 57.3 Å². The summed E-state index contributed by atoms with van der Waals surface area (Å²) in [5.74, 6) is 1.83. The predicted octanol–water partition coefficient (Wildman–Crippen LogP) is 3.35. The van der Waals surface area contributed by atoms with E-state index in [1.807, 2.05) is 12.1 Å². The third-order valence-corrected chi connectivity index (χ3v) is 8.36. The Hall–Kier alpha value is -2.02. The molecule has 0 bridgehead atoms. The molecule has 1 saturated carbocycles. The normalized spacial score (nSPS) is 16.1. The Balaban J connectivity index is 1.60. The van der Waals surface area contributed by atoms with Crippen LogP contribution in [0.4, 0.5) is 11.5 Å². The molecule has 0 atom stereocenters. The van der Waals surface area contributed by atoms with Crippen molar-refractivity contribution in [3.63, 3.8) is 0 Å². The first-order valence-electron chi connectivity index (χ1n) is 10.6. The molecule has 1 fully saturated rings. The number of phenolic OH excluding ortho intramolecular Hbond substituents is 1. The molecule has 0 unspecified atom stereocenters. The summed E-state index contributed by atoms with van der Waals surface area (Å²) in [5.41, 5.74) is 2.26. The Kier molecular flexibility index (Phi) is 7.09. The van der Waals surface area contributed by atoms with Gasteiger partial charge in [0.25, 0.3) is 0 Å². The topological polar surface area (TPSA) is 52.1 Å². The van der Waals surface area contributed by atoms with Crippen molar-refractivity contribution in [3.05, 3.63) is 69.9 Å². The van der Waals surface area contributed by atoms with Gasteiger partial charge in [0.15, 0.2) is 0 Å². The van der Waals surface area contributed by atoms with Crippen LogP contribution in [0.25, 0.3) is 0 Å².